The average molecular weight is 295 g/mol. The number of piperidine rings is 1. The van der Waals surface area contributed by atoms with Gasteiger partial charge in [0.15, 0.2) is 0 Å². The fraction of sp³-hybridized carbons (Fsp3) is 0.583. The maximum atomic E-state index is 12.4. The molecule has 1 aliphatic rings. The summed E-state index contributed by atoms with van der Waals surface area (Å²) in [6, 6.07) is 0.836. The van der Waals surface area contributed by atoms with E-state index in [0.29, 0.717) is 12.5 Å². The molecule has 1 aromatic rings. The lowest BCUT2D eigenvalue weighted by atomic mass is 10.0. The van der Waals surface area contributed by atoms with Crippen molar-refractivity contribution in [2.45, 2.75) is 19.0 Å². The smallest absolute Gasteiger partial charge is 0.417 e. The Balaban J connectivity index is 1.97. The molecule has 1 fully saturated rings. The first-order valence-electron chi connectivity index (χ1n) is 6.03. The molecule has 2 rings (SSSR count). The van der Waals surface area contributed by atoms with E-state index in [4.69, 9.17) is 16.3 Å². The molecule has 1 aromatic heterocycles. The molecular weight excluding hydrogens is 281 g/mol. The molecule has 3 nitrogen and oxygen atoms in total. The van der Waals surface area contributed by atoms with Crippen LogP contribution in [0, 0.1) is 5.92 Å². The van der Waals surface area contributed by atoms with Crippen LogP contribution in [0.25, 0.3) is 0 Å². The number of ether oxygens (including phenoxy) is 1. The Kier molecular flexibility index (Phi) is 4.52. The summed E-state index contributed by atoms with van der Waals surface area (Å²) >= 11 is 5.75. The molecule has 1 atom stereocenters. The SMILES string of the molecule is FC(F)(F)c1cnc(OC[C@H]2CCCNC2)c(Cl)c1. The minimum Gasteiger partial charge on any atom is -0.476 e. The topological polar surface area (TPSA) is 34.1 Å². The van der Waals surface area contributed by atoms with Crippen LogP contribution in [0.2, 0.25) is 5.02 Å². The minimum atomic E-state index is -4.44. The fourth-order valence-corrected chi connectivity index (χ4v) is 2.17. The van der Waals surface area contributed by atoms with Gasteiger partial charge in [0, 0.05) is 18.7 Å². The van der Waals surface area contributed by atoms with E-state index in [1.165, 1.54) is 0 Å². The van der Waals surface area contributed by atoms with Crippen LogP contribution in [0.15, 0.2) is 12.3 Å². The van der Waals surface area contributed by atoms with Crippen LogP contribution in [0.4, 0.5) is 13.2 Å². The van der Waals surface area contributed by atoms with Crippen molar-refractivity contribution in [2.75, 3.05) is 19.7 Å². The molecule has 0 aromatic carbocycles. The predicted octanol–water partition coefficient (Wildman–Crippen LogP) is 3.13. The molecule has 1 saturated heterocycles. The highest BCUT2D eigenvalue weighted by molar-refractivity contribution is 6.31. The van der Waals surface area contributed by atoms with Gasteiger partial charge in [-0.25, -0.2) is 4.98 Å². The first-order valence-corrected chi connectivity index (χ1v) is 6.41. The van der Waals surface area contributed by atoms with Crippen molar-refractivity contribution in [3.05, 3.63) is 22.8 Å². The van der Waals surface area contributed by atoms with Gasteiger partial charge in [-0.05, 0) is 25.5 Å². The summed E-state index contributed by atoms with van der Waals surface area (Å²) in [4.78, 5) is 3.63. The number of aromatic nitrogens is 1. The fourth-order valence-electron chi connectivity index (χ4n) is 1.95. The van der Waals surface area contributed by atoms with Gasteiger partial charge in [0.05, 0.1) is 12.2 Å². The third-order valence-corrected chi connectivity index (χ3v) is 3.26. The molecule has 7 heteroatoms. The van der Waals surface area contributed by atoms with E-state index < -0.39 is 11.7 Å². The monoisotopic (exact) mass is 294 g/mol. The molecule has 0 radical (unpaired) electrons. The molecule has 0 saturated carbocycles. The van der Waals surface area contributed by atoms with Crippen LogP contribution in [-0.4, -0.2) is 24.7 Å². The van der Waals surface area contributed by atoms with Crippen LogP contribution in [0.3, 0.4) is 0 Å². The Morgan fingerprint density at radius 3 is 2.84 bits per heavy atom. The van der Waals surface area contributed by atoms with Crippen molar-refractivity contribution >= 4 is 11.6 Å². The van der Waals surface area contributed by atoms with Crippen LogP contribution < -0.4 is 10.1 Å². The Bertz CT molecular complexity index is 433. The van der Waals surface area contributed by atoms with Gasteiger partial charge in [0.1, 0.15) is 5.02 Å². The lowest BCUT2D eigenvalue weighted by molar-refractivity contribution is -0.137. The first kappa shape index (κ1) is 14.4. The zero-order valence-electron chi connectivity index (χ0n) is 10.1. The van der Waals surface area contributed by atoms with E-state index in [1.54, 1.807) is 0 Å². The lowest BCUT2D eigenvalue weighted by Gasteiger charge is -2.22. The zero-order valence-corrected chi connectivity index (χ0v) is 10.9. The summed E-state index contributed by atoms with van der Waals surface area (Å²) in [6.45, 7) is 2.25. The number of halogens is 4. The van der Waals surface area contributed by atoms with Gasteiger partial charge in [-0.15, -0.1) is 0 Å². The molecular formula is C12H14ClF3N2O. The van der Waals surface area contributed by atoms with Gasteiger partial charge in [0.25, 0.3) is 0 Å². The lowest BCUT2D eigenvalue weighted by Crippen LogP contribution is -2.33. The van der Waals surface area contributed by atoms with Crippen LogP contribution in [0.1, 0.15) is 18.4 Å². The predicted molar refractivity (Wildman–Crippen MR) is 65.3 cm³/mol. The van der Waals surface area contributed by atoms with E-state index in [1.807, 2.05) is 0 Å². The maximum absolute atomic E-state index is 12.4. The molecule has 0 bridgehead atoms. The second kappa shape index (κ2) is 5.96. The number of nitrogens with zero attached hydrogens (tertiary/aromatic N) is 1. The van der Waals surface area contributed by atoms with Gasteiger partial charge in [-0.2, -0.15) is 13.2 Å². The van der Waals surface area contributed by atoms with E-state index in [0.717, 1.165) is 38.2 Å². The number of rotatable bonds is 3. The van der Waals surface area contributed by atoms with E-state index in [2.05, 4.69) is 10.3 Å². The second-order valence-corrected chi connectivity index (χ2v) is 4.94. The summed E-state index contributed by atoms with van der Waals surface area (Å²) < 4.78 is 42.7. The normalized spacial score (nSPS) is 20.3. The number of hydrogen-bond acceptors (Lipinski definition) is 3. The highest BCUT2D eigenvalue weighted by Crippen LogP contribution is 2.33. The molecule has 106 valence electrons. The van der Waals surface area contributed by atoms with Crippen molar-refractivity contribution in [1.29, 1.82) is 0 Å². The maximum Gasteiger partial charge on any atom is 0.417 e. The molecule has 0 aliphatic carbocycles. The summed E-state index contributed by atoms with van der Waals surface area (Å²) in [7, 11) is 0. The highest BCUT2D eigenvalue weighted by Gasteiger charge is 2.31. The standard InChI is InChI=1S/C12H14ClF3N2O/c13-10-4-9(12(14,15)16)6-18-11(10)19-7-8-2-1-3-17-5-8/h4,6,8,17H,1-3,5,7H2/t8-/m0/s1. The highest BCUT2D eigenvalue weighted by atomic mass is 35.5. The number of alkyl halides is 3. The van der Waals surface area contributed by atoms with Gasteiger partial charge >= 0.3 is 6.18 Å². The Hall–Kier alpha value is -1.01. The molecule has 2 heterocycles. The second-order valence-electron chi connectivity index (χ2n) is 4.53. The molecule has 0 amide bonds. The quantitative estimate of drug-likeness (QED) is 0.930. The zero-order chi connectivity index (χ0) is 13.9. The number of hydrogen-bond donors (Lipinski definition) is 1. The van der Waals surface area contributed by atoms with Gasteiger partial charge in [-0.3, -0.25) is 0 Å². The van der Waals surface area contributed by atoms with Gasteiger partial charge in [0.2, 0.25) is 5.88 Å². The summed E-state index contributed by atoms with van der Waals surface area (Å²) in [5.41, 5.74) is -0.871. The molecule has 0 unspecified atom stereocenters. The Labute approximate surface area is 114 Å². The number of nitrogens with one attached hydrogen (secondary N) is 1. The largest absolute Gasteiger partial charge is 0.476 e. The first-order chi connectivity index (χ1) is 8.97. The third-order valence-electron chi connectivity index (χ3n) is 2.99. The van der Waals surface area contributed by atoms with Crippen LogP contribution in [-0.2, 0) is 6.18 Å². The van der Waals surface area contributed by atoms with E-state index in [-0.39, 0.29) is 10.9 Å². The van der Waals surface area contributed by atoms with Gasteiger partial charge < -0.3 is 10.1 Å². The summed E-state index contributed by atoms with van der Waals surface area (Å²) in [5.74, 6) is 0.397. The Morgan fingerprint density at radius 1 is 1.47 bits per heavy atom. The van der Waals surface area contributed by atoms with Crippen molar-refractivity contribution < 1.29 is 17.9 Å². The van der Waals surface area contributed by atoms with Crippen LogP contribution in [0.5, 0.6) is 5.88 Å². The van der Waals surface area contributed by atoms with E-state index in [9.17, 15) is 13.2 Å². The molecule has 1 aliphatic heterocycles. The molecule has 19 heavy (non-hydrogen) atoms. The summed E-state index contributed by atoms with van der Waals surface area (Å²) in [5, 5.41) is 3.12. The third kappa shape index (κ3) is 3.98. The number of pyridine rings is 1. The van der Waals surface area contributed by atoms with Crippen LogP contribution >= 0.6 is 11.6 Å². The van der Waals surface area contributed by atoms with Crippen molar-refractivity contribution in [1.82, 2.24) is 10.3 Å². The van der Waals surface area contributed by atoms with Crippen molar-refractivity contribution in [3.8, 4) is 5.88 Å². The molecule has 1 N–H and O–H groups in total. The average Bonchev–Trinajstić information content (AvgIpc) is 2.37. The van der Waals surface area contributed by atoms with Crippen molar-refractivity contribution in [2.24, 2.45) is 5.92 Å². The van der Waals surface area contributed by atoms with Gasteiger partial charge in [-0.1, -0.05) is 11.6 Å². The minimum absolute atomic E-state index is 0.0558. The Morgan fingerprint density at radius 2 is 2.26 bits per heavy atom. The molecule has 0 spiro atoms. The van der Waals surface area contributed by atoms with E-state index >= 15 is 0 Å². The van der Waals surface area contributed by atoms with Crippen molar-refractivity contribution in [3.63, 3.8) is 0 Å². The summed E-state index contributed by atoms with van der Waals surface area (Å²) in [6.07, 6.45) is -1.60.